The molecule has 0 radical (unpaired) electrons. The quantitative estimate of drug-likeness (QED) is 0.886. The molecule has 5 nitrogen and oxygen atoms in total. The molecule has 2 heterocycles. The molecule has 1 amide bonds. The number of hydrogen-bond acceptors (Lipinski definition) is 6. The fourth-order valence-electron chi connectivity index (χ4n) is 2.16. The van der Waals surface area contributed by atoms with E-state index in [2.05, 4.69) is 14.6 Å². The summed E-state index contributed by atoms with van der Waals surface area (Å²) >= 11 is 3.32. The molecular formula is C12H18N4OS2. The van der Waals surface area contributed by atoms with Gasteiger partial charge in [0.05, 0.1) is 0 Å². The van der Waals surface area contributed by atoms with E-state index in [0.29, 0.717) is 17.4 Å². The Hall–Kier alpha value is -0.950. The van der Waals surface area contributed by atoms with Gasteiger partial charge in [-0.2, -0.15) is 16.1 Å². The molecule has 1 aromatic heterocycles. The Morgan fingerprint density at radius 1 is 1.37 bits per heavy atom. The topological polar surface area (TPSA) is 71.2 Å². The van der Waals surface area contributed by atoms with Crippen LogP contribution in [0.2, 0.25) is 0 Å². The highest BCUT2D eigenvalue weighted by Crippen LogP contribution is 2.32. The van der Waals surface area contributed by atoms with Gasteiger partial charge in [-0.3, -0.25) is 4.79 Å². The first-order chi connectivity index (χ1) is 9.25. The van der Waals surface area contributed by atoms with Gasteiger partial charge < -0.3 is 16.0 Å². The maximum atomic E-state index is 12.3. The van der Waals surface area contributed by atoms with Gasteiger partial charge in [0, 0.05) is 24.9 Å². The molecule has 1 aliphatic heterocycles. The number of carbonyl (C=O) groups excluding carboxylic acids is 1. The molecule has 0 aromatic carbocycles. The smallest absolute Gasteiger partial charge is 0.258 e. The zero-order chi connectivity index (χ0) is 13.2. The monoisotopic (exact) mass is 298 g/mol. The third-order valence-electron chi connectivity index (χ3n) is 3.35. The summed E-state index contributed by atoms with van der Waals surface area (Å²) in [5.74, 6) is 2.60. The lowest BCUT2D eigenvalue weighted by atomic mass is 10.2. The van der Waals surface area contributed by atoms with Crippen molar-refractivity contribution in [3.8, 4) is 0 Å². The second-order valence-corrected chi connectivity index (χ2v) is 6.93. The van der Waals surface area contributed by atoms with Gasteiger partial charge in [0.2, 0.25) is 0 Å². The maximum absolute atomic E-state index is 12.3. The van der Waals surface area contributed by atoms with E-state index in [0.717, 1.165) is 43.1 Å². The fraction of sp³-hybridized carbons (Fsp3) is 0.667. The predicted octanol–water partition coefficient (Wildman–Crippen LogP) is 1.56. The van der Waals surface area contributed by atoms with Crippen molar-refractivity contribution in [3.63, 3.8) is 0 Å². The average Bonchev–Trinajstić information content (AvgIpc) is 3.16. The summed E-state index contributed by atoms with van der Waals surface area (Å²) in [7, 11) is 0. The third-order valence-corrected chi connectivity index (χ3v) is 5.32. The van der Waals surface area contributed by atoms with E-state index in [4.69, 9.17) is 5.73 Å². The number of amides is 1. The molecule has 19 heavy (non-hydrogen) atoms. The second-order valence-electron chi connectivity index (χ2n) is 4.95. The van der Waals surface area contributed by atoms with Crippen molar-refractivity contribution in [1.29, 1.82) is 0 Å². The number of hydrogen-bond donors (Lipinski definition) is 2. The molecule has 0 atom stereocenters. The number of nitrogen functional groups attached to an aromatic ring is 1. The van der Waals surface area contributed by atoms with Crippen molar-refractivity contribution in [2.75, 3.05) is 35.2 Å². The van der Waals surface area contributed by atoms with Gasteiger partial charge in [-0.05, 0) is 36.5 Å². The molecule has 0 spiro atoms. The minimum absolute atomic E-state index is 0.0550. The van der Waals surface area contributed by atoms with Crippen LogP contribution < -0.4 is 16.0 Å². The van der Waals surface area contributed by atoms with E-state index in [1.54, 1.807) is 0 Å². The largest absolute Gasteiger partial charge is 0.382 e. The van der Waals surface area contributed by atoms with E-state index in [-0.39, 0.29) is 5.91 Å². The summed E-state index contributed by atoms with van der Waals surface area (Å²) in [5.41, 5.74) is 6.48. The Morgan fingerprint density at radius 3 is 3.00 bits per heavy atom. The molecule has 0 unspecified atom stereocenters. The van der Waals surface area contributed by atoms with Crippen LogP contribution in [-0.4, -0.2) is 40.9 Å². The molecule has 0 bridgehead atoms. The summed E-state index contributed by atoms with van der Waals surface area (Å²) in [6.07, 6.45) is 3.31. The van der Waals surface area contributed by atoms with Crippen molar-refractivity contribution < 1.29 is 4.79 Å². The number of carbonyl (C=O) groups is 1. The van der Waals surface area contributed by atoms with Gasteiger partial charge in [0.25, 0.3) is 5.91 Å². The highest BCUT2D eigenvalue weighted by atomic mass is 32.2. The van der Waals surface area contributed by atoms with E-state index >= 15 is 0 Å². The normalized spacial score (nSPS) is 20.1. The zero-order valence-corrected chi connectivity index (χ0v) is 12.4. The van der Waals surface area contributed by atoms with Crippen LogP contribution in [0.4, 0.5) is 10.8 Å². The SMILES string of the molecule is Nc1nsc(N2CCCSCC2)c1C(=O)NC1CC1. The molecule has 1 saturated carbocycles. The van der Waals surface area contributed by atoms with Crippen molar-refractivity contribution >= 4 is 40.0 Å². The van der Waals surface area contributed by atoms with Gasteiger partial charge in [0.1, 0.15) is 10.6 Å². The first-order valence-electron chi connectivity index (χ1n) is 6.64. The first kappa shape index (κ1) is 13.1. The third kappa shape index (κ3) is 2.97. The van der Waals surface area contributed by atoms with Crippen LogP contribution in [0.5, 0.6) is 0 Å². The molecule has 1 aromatic rings. The standard InChI is InChI=1S/C12H18N4OS2/c13-10-9(11(17)14-8-2-3-8)12(19-15-10)16-4-1-6-18-7-5-16/h8H,1-7H2,(H2,13,15)(H,14,17). The highest BCUT2D eigenvalue weighted by Gasteiger charge is 2.29. The molecule has 3 N–H and O–H groups in total. The highest BCUT2D eigenvalue weighted by molar-refractivity contribution is 7.99. The molecule has 7 heteroatoms. The first-order valence-corrected chi connectivity index (χ1v) is 8.57. The van der Waals surface area contributed by atoms with Crippen molar-refractivity contribution in [1.82, 2.24) is 9.69 Å². The molecule has 104 valence electrons. The summed E-state index contributed by atoms with van der Waals surface area (Å²) in [6, 6.07) is 0.347. The van der Waals surface area contributed by atoms with E-state index in [9.17, 15) is 4.79 Å². The second kappa shape index (κ2) is 5.58. The van der Waals surface area contributed by atoms with Gasteiger partial charge in [-0.1, -0.05) is 0 Å². The van der Waals surface area contributed by atoms with Crippen molar-refractivity contribution in [3.05, 3.63) is 5.56 Å². The van der Waals surface area contributed by atoms with Gasteiger partial charge >= 0.3 is 0 Å². The Morgan fingerprint density at radius 2 is 2.21 bits per heavy atom. The summed E-state index contributed by atoms with van der Waals surface area (Å²) < 4.78 is 4.18. The Balaban J connectivity index is 1.81. The zero-order valence-electron chi connectivity index (χ0n) is 10.7. The number of nitrogens with zero attached hydrogens (tertiary/aromatic N) is 2. The number of rotatable bonds is 3. The summed E-state index contributed by atoms with van der Waals surface area (Å²) in [4.78, 5) is 14.5. The van der Waals surface area contributed by atoms with E-state index < -0.39 is 0 Å². The lowest BCUT2D eigenvalue weighted by Gasteiger charge is -2.21. The lowest BCUT2D eigenvalue weighted by molar-refractivity contribution is 0.0952. The van der Waals surface area contributed by atoms with Gasteiger partial charge in [0.15, 0.2) is 5.82 Å². The minimum atomic E-state index is -0.0550. The van der Waals surface area contributed by atoms with Gasteiger partial charge in [-0.25, -0.2) is 0 Å². The minimum Gasteiger partial charge on any atom is -0.382 e. The number of nitrogens with one attached hydrogen (secondary N) is 1. The Kier molecular flexibility index (Phi) is 3.83. The molecule has 1 saturated heterocycles. The molecule has 2 fully saturated rings. The van der Waals surface area contributed by atoms with Crippen LogP contribution in [0.25, 0.3) is 0 Å². The molecule has 3 rings (SSSR count). The fourth-order valence-corrected chi connectivity index (χ4v) is 3.91. The molecular weight excluding hydrogens is 280 g/mol. The van der Waals surface area contributed by atoms with Crippen molar-refractivity contribution in [2.45, 2.75) is 25.3 Å². The Labute approximate surface area is 121 Å². The predicted molar refractivity (Wildman–Crippen MR) is 81.2 cm³/mol. The molecule has 2 aliphatic rings. The summed E-state index contributed by atoms with van der Waals surface area (Å²) in [5, 5.41) is 3.95. The van der Waals surface area contributed by atoms with Crippen LogP contribution in [0.3, 0.4) is 0 Å². The van der Waals surface area contributed by atoms with Crippen LogP contribution >= 0.6 is 23.3 Å². The van der Waals surface area contributed by atoms with Crippen LogP contribution in [0.1, 0.15) is 29.6 Å². The number of aromatic nitrogens is 1. The van der Waals surface area contributed by atoms with Crippen LogP contribution in [0.15, 0.2) is 0 Å². The van der Waals surface area contributed by atoms with Crippen molar-refractivity contribution in [2.24, 2.45) is 0 Å². The lowest BCUT2D eigenvalue weighted by Crippen LogP contribution is -2.30. The average molecular weight is 298 g/mol. The number of nitrogens with two attached hydrogens (primary N) is 1. The van der Waals surface area contributed by atoms with Crippen LogP contribution in [-0.2, 0) is 0 Å². The number of thioether (sulfide) groups is 1. The molecule has 1 aliphatic carbocycles. The van der Waals surface area contributed by atoms with E-state index in [1.165, 1.54) is 17.3 Å². The number of anilines is 2. The van der Waals surface area contributed by atoms with Crippen LogP contribution in [0, 0.1) is 0 Å². The van der Waals surface area contributed by atoms with Gasteiger partial charge in [-0.15, -0.1) is 0 Å². The summed E-state index contributed by atoms with van der Waals surface area (Å²) in [6.45, 7) is 1.95. The maximum Gasteiger partial charge on any atom is 0.258 e. The Bertz CT molecular complexity index is 464. The van der Waals surface area contributed by atoms with E-state index in [1.807, 2.05) is 11.8 Å².